The second-order valence-corrected chi connectivity index (χ2v) is 11.6. The number of cyclic esters (lactones) is 1. The van der Waals surface area contributed by atoms with Gasteiger partial charge < -0.3 is 18.9 Å². The van der Waals surface area contributed by atoms with Crippen LogP contribution in [0.25, 0.3) is 0 Å². The quantitative estimate of drug-likeness (QED) is 0.445. The van der Waals surface area contributed by atoms with Crippen LogP contribution in [0, 0.1) is 17.3 Å². The zero-order valence-corrected chi connectivity index (χ0v) is 17.9. The number of ether oxygens (including phenoxy) is 4. The van der Waals surface area contributed by atoms with Gasteiger partial charge in [0.05, 0.1) is 6.10 Å². The molecule has 0 unspecified atom stereocenters. The monoisotopic (exact) mass is 436 g/mol. The van der Waals surface area contributed by atoms with E-state index in [1.807, 2.05) is 0 Å². The maximum absolute atomic E-state index is 12.4. The van der Waals surface area contributed by atoms with E-state index in [1.165, 1.54) is 0 Å². The van der Waals surface area contributed by atoms with Crippen molar-refractivity contribution in [2.75, 3.05) is 13.2 Å². The van der Waals surface area contributed by atoms with Gasteiger partial charge in [-0.15, -0.1) is 0 Å². The Morgan fingerprint density at radius 2 is 1.97 bits per heavy atom. The molecule has 0 radical (unpaired) electrons. The molecule has 0 aromatic heterocycles. The summed E-state index contributed by atoms with van der Waals surface area (Å²) in [5.74, 6) is 0.127. The molecule has 9 heteroatoms. The lowest BCUT2D eigenvalue weighted by molar-refractivity contribution is -0.142. The molecule has 8 nitrogen and oxygen atoms in total. The van der Waals surface area contributed by atoms with Gasteiger partial charge in [0, 0.05) is 11.0 Å². The van der Waals surface area contributed by atoms with Gasteiger partial charge in [-0.3, -0.25) is 8.37 Å². The van der Waals surface area contributed by atoms with E-state index in [0.29, 0.717) is 13.0 Å². The van der Waals surface area contributed by atoms with Crippen LogP contribution in [0.2, 0.25) is 0 Å². The Hall–Kier alpha value is -0.840. The van der Waals surface area contributed by atoms with Crippen molar-refractivity contribution in [3.05, 3.63) is 11.1 Å². The Balaban J connectivity index is 1.34. The van der Waals surface area contributed by atoms with Gasteiger partial charge in [0.25, 0.3) is 0 Å². The van der Waals surface area contributed by atoms with Crippen LogP contribution in [-0.2, 0) is 43.5 Å². The molecule has 3 spiro atoms. The average molecular weight is 436 g/mol. The number of rotatable bonds is 1. The second kappa shape index (κ2) is 4.61. The summed E-state index contributed by atoms with van der Waals surface area (Å²) in [6.07, 6.45) is 1.97. The highest BCUT2D eigenvalue weighted by molar-refractivity contribution is 7.75. The summed E-state index contributed by atoms with van der Waals surface area (Å²) in [5, 5.41) is 0. The first-order chi connectivity index (χ1) is 14.3. The summed E-state index contributed by atoms with van der Waals surface area (Å²) < 4.78 is 49.2. The van der Waals surface area contributed by atoms with Gasteiger partial charge in [0.15, 0.2) is 11.2 Å². The summed E-state index contributed by atoms with van der Waals surface area (Å²) in [5.41, 5.74) is -1.16. The Labute approximate surface area is 176 Å². The first-order valence-electron chi connectivity index (χ1n) is 11.0. The minimum absolute atomic E-state index is 0.0823. The maximum Gasteiger partial charge on any atom is 0.334 e. The molecule has 0 aromatic rings. The molecular weight excluding hydrogens is 412 g/mol. The molecule has 0 N–H and O–H groups in total. The second-order valence-electron chi connectivity index (χ2n) is 10.8. The maximum atomic E-state index is 12.4. The molecule has 5 aliphatic heterocycles. The fraction of sp³-hybridized carbons (Fsp3) is 0.857. The molecule has 3 aliphatic carbocycles. The minimum atomic E-state index is -1.83. The van der Waals surface area contributed by atoms with Crippen molar-refractivity contribution < 1.29 is 36.3 Å². The molecule has 0 amide bonds. The van der Waals surface area contributed by atoms with E-state index in [1.54, 1.807) is 0 Å². The third-order valence-corrected chi connectivity index (χ3v) is 10.7. The summed E-state index contributed by atoms with van der Waals surface area (Å²) in [6, 6.07) is 0. The van der Waals surface area contributed by atoms with Crippen molar-refractivity contribution in [1.29, 1.82) is 0 Å². The fourth-order valence-corrected chi connectivity index (χ4v) is 9.53. The highest BCUT2D eigenvalue weighted by atomic mass is 32.2. The number of esters is 1. The van der Waals surface area contributed by atoms with Crippen molar-refractivity contribution >= 4 is 17.3 Å². The Kier molecular flexibility index (Phi) is 2.71. The standard InChI is InChI=1S/C21H24O8S/c1-9(2)19-14(27-19)15-21(28-15)17(3)5-4-10-11(7-24-16(10)22)12(17)6-13-20(21,26-13)18(19)8-25-30(23)29-18/h9,12-15H,4-8H2,1-3H3/t12-,13-,14-,15-,17-,18-,19-,20+,21+,30-/m0/s1. The van der Waals surface area contributed by atoms with Crippen LogP contribution in [0.1, 0.15) is 40.0 Å². The van der Waals surface area contributed by atoms with Crippen LogP contribution in [0.3, 0.4) is 0 Å². The average Bonchev–Trinajstić information content (AvgIpc) is 3.61. The van der Waals surface area contributed by atoms with Crippen LogP contribution in [0.4, 0.5) is 0 Å². The topological polar surface area (TPSA) is 99.4 Å². The molecule has 4 saturated heterocycles. The lowest BCUT2D eigenvalue weighted by Crippen LogP contribution is -2.76. The number of fused-ring (bicyclic) bond motifs is 5. The Morgan fingerprint density at radius 1 is 1.13 bits per heavy atom. The third kappa shape index (κ3) is 1.38. The van der Waals surface area contributed by atoms with E-state index in [9.17, 15) is 9.00 Å². The number of hydrogen-bond acceptors (Lipinski definition) is 8. The van der Waals surface area contributed by atoms with Gasteiger partial charge in [-0.1, -0.05) is 20.8 Å². The zero-order valence-electron chi connectivity index (χ0n) is 17.1. The third-order valence-electron chi connectivity index (χ3n) is 9.93. The van der Waals surface area contributed by atoms with Gasteiger partial charge in [-0.25, -0.2) is 4.79 Å². The summed E-state index contributed by atoms with van der Waals surface area (Å²) in [6.45, 7) is 7.05. The van der Waals surface area contributed by atoms with Gasteiger partial charge in [0.2, 0.25) is 0 Å². The molecule has 0 aromatic carbocycles. The molecule has 10 atom stereocenters. The zero-order chi connectivity index (χ0) is 20.5. The Bertz CT molecular complexity index is 1010. The van der Waals surface area contributed by atoms with Crippen LogP contribution < -0.4 is 0 Å². The highest BCUT2D eigenvalue weighted by Gasteiger charge is 3.05. The van der Waals surface area contributed by atoms with Gasteiger partial charge in [0.1, 0.15) is 36.6 Å². The summed E-state index contributed by atoms with van der Waals surface area (Å²) in [7, 11) is 0. The van der Waals surface area contributed by atoms with Crippen LogP contribution in [0.15, 0.2) is 11.1 Å². The van der Waals surface area contributed by atoms with Crippen LogP contribution in [-0.4, -0.2) is 64.1 Å². The minimum Gasteiger partial charge on any atom is -0.458 e. The number of carbonyl (C=O) groups excluding carboxylic acids is 1. The molecular formula is C21H24O8S. The largest absolute Gasteiger partial charge is 0.458 e. The lowest BCUT2D eigenvalue weighted by Gasteiger charge is -2.56. The molecule has 0 bridgehead atoms. The van der Waals surface area contributed by atoms with Crippen molar-refractivity contribution in [3.63, 3.8) is 0 Å². The van der Waals surface area contributed by atoms with Crippen molar-refractivity contribution in [1.82, 2.24) is 0 Å². The normalized spacial score (nSPS) is 63.5. The first-order valence-corrected chi connectivity index (χ1v) is 12.0. The van der Waals surface area contributed by atoms with E-state index in [2.05, 4.69) is 20.8 Å². The lowest BCUT2D eigenvalue weighted by atomic mass is 9.44. The number of epoxide rings is 3. The van der Waals surface area contributed by atoms with E-state index >= 15 is 0 Å². The highest BCUT2D eigenvalue weighted by Crippen LogP contribution is 2.86. The SMILES string of the molecule is CC(C)[C@]12O[C@H]1[C@@H]1O[C@]13[C@]1(O[C@H]1C[C@H]1C4=C(CC[C@@]13C)C(=O)OC4)[C@]21CO[S@](=O)O1. The molecule has 5 heterocycles. The molecule has 30 heavy (non-hydrogen) atoms. The Morgan fingerprint density at radius 3 is 2.70 bits per heavy atom. The van der Waals surface area contributed by atoms with E-state index in [4.69, 9.17) is 27.3 Å². The molecule has 8 rings (SSSR count). The van der Waals surface area contributed by atoms with Crippen molar-refractivity contribution in [2.45, 2.75) is 80.7 Å². The molecule has 6 fully saturated rings. The van der Waals surface area contributed by atoms with Crippen LogP contribution in [0.5, 0.6) is 0 Å². The van der Waals surface area contributed by atoms with E-state index in [0.717, 1.165) is 24.0 Å². The fourth-order valence-electron chi connectivity index (χ4n) is 8.69. The van der Waals surface area contributed by atoms with E-state index in [-0.39, 0.29) is 48.1 Å². The number of carbonyl (C=O) groups is 1. The molecule has 8 aliphatic rings. The predicted molar refractivity (Wildman–Crippen MR) is 99.0 cm³/mol. The van der Waals surface area contributed by atoms with Crippen molar-refractivity contribution in [2.24, 2.45) is 17.3 Å². The number of hydrogen-bond donors (Lipinski definition) is 0. The predicted octanol–water partition coefficient (Wildman–Crippen LogP) is 1.11. The van der Waals surface area contributed by atoms with Crippen LogP contribution >= 0.6 is 0 Å². The molecule has 162 valence electrons. The summed E-state index contributed by atoms with van der Waals surface area (Å²) in [4.78, 5) is 12.2. The van der Waals surface area contributed by atoms with E-state index < -0.39 is 33.8 Å². The van der Waals surface area contributed by atoms with Gasteiger partial charge >= 0.3 is 17.3 Å². The van der Waals surface area contributed by atoms with Gasteiger partial charge in [-0.2, -0.15) is 4.21 Å². The first kappa shape index (κ1) is 17.7. The molecule has 2 saturated carbocycles. The van der Waals surface area contributed by atoms with Gasteiger partial charge in [-0.05, 0) is 36.7 Å². The summed E-state index contributed by atoms with van der Waals surface area (Å²) >= 11 is -1.83. The smallest absolute Gasteiger partial charge is 0.334 e. The van der Waals surface area contributed by atoms with Crippen molar-refractivity contribution in [3.8, 4) is 0 Å².